The lowest BCUT2D eigenvalue weighted by atomic mass is 9.90. The van der Waals surface area contributed by atoms with Crippen molar-refractivity contribution in [2.75, 3.05) is 33.0 Å². The number of nitrogens with zero attached hydrogens (tertiary/aromatic N) is 1. The third-order valence-corrected chi connectivity index (χ3v) is 5.35. The number of hydrogen-bond donors (Lipinski definition) is 1. The van der Waals surface area contributed by atoms with Gasteiger partial charge in [-0.25, -0.2) is 12.7 Å². The highest BCUT2D eigenvalue weighted by Gasteiger charge is 2.27. The van der Waals surface area contributed by atoms with Gasteiger partial charge in [-0.15, -0.1) is 0 Å². The molecule has 0 aromatic heterocycles. The maximum absolute atomic E-state index is 11.7. The zero-order chi connectivity index (χ0) is 15.2. The van der Waals surface area contributed by atoms with Crippen molar-refractivity contribution in [3.8, 4) is 0 Å². The van der Waals surface area contributed by atoms with E-state index in [1.165, 1.54) is 6.26 Å². The third kappa shape index (κ3) is 6.08. The molecule has 1 heterocycles. The van der Waals surface area contributed by atoms with Gasteiger partial charge in [0.15, 0.2) is 0 Å². The first-order valence-electron chi connectivity index (χ1n) is 7.58. The van der Waals surface area contributed by atoms with Crippen molar-refractivity contribution in [1.82, 2.24) is 9.62 Å². The number of hydrogen-bond acceptors (Lipinski definition) is 4. The standard InChI is InChI=1S/C14H30N2O3S/c1-5-15-14(9-12(2)19-3)10-13-7-6-8-16(11-13)20(4,17)18/h12-15H,5-11H2,1-4H3. The maximum Gasteiger partial charge on any atom is 0.211 e. The number of piperidine rings is 1. The summed E-state index contributed by atoms with van der Waals surface area (Å²) in [6, 6.07) is 0.402. The Hall–Kier alpha value is -0.170. The lowest BCUT2D eigenvalue weighted by Crippen LogP contribution is -2.42. The van der Waals surface area contributed by atoms with Crippen LogP contribution in [0.3, 0.4) is 0 Å². The van der Waals surface area contributed by atoms with Gasteiger partial charge in [0.05, 0.1) is 12.4 Å². The minimum absolute atomic E-state index is 0.230. The highest BCUT2D eigenvalue weighted by Crippen LogP contribution is 2.24. The molecular formula is C14H30N2O3S. The summed E-state index contributed by atoms with van der Waals surface area (Å²) in [5, 5.41) is 3.50. The molecule has 0 saturated carbocycles. The van der Waals surface area contributed by atoms with Crippen molar-refractivity contribution in [2.45, 2.75) is 51.7 Å². The van der Waals surface area contributed by atoms with Crippen LogP contribution in [0, 0.1) is 5.92 Å². The largest absolute Gasteiger partial charge is 0.382 e. The minimum atomic E-state index is -3.05. The lowest BCUT2D eigenvalue weighted by molar-refractivity contribution is 0.0949. The van der Waals surface area contributed by atoms with Gasteiger partial charge in [0.2, 0.25) is 10.0 Å². The monoisotopic (exact) mass is 306 g/mol. The van der Waals surface area contributed by atoms with E-state index in [0.717, 1.165) is 32.2 Å². The maximum atomic E-state index is 11.7. The van der Waals surface area contributed by atoms with Crippen LogP contribution in [0.2, 0.25) is 0 Å². The molecule has 0 aromatic rings. The Labute approximate surface area is 124 Å². The second-order valence-electron chi connectivity index (χ2n) is 5.90. The average Bonchev–Trinajstić information content (AvgIpc) is 2.38. The summed E-state index contributed by atoms with van der Waals surface area (Å²) in [6.45, 7) is 6.46. The molecule has 3 unspecified atom stereocenters. The normalized spacial score (nSPS) is 24.5. The molecule has 1 aliphatic heterocycles. The van der Waals surface area contributed by atoms with Gasteiger partial charge in [0.25, 0.3) is 0 Å². The van der Waals surface area contributed by atoms with Crippen molar-refractivity contribution in [2.24, 2.45) is 5.92 Å². The lowest BCUT2D eigenvalue weighted by Gasteiger charge is -2.33. The average molecular weight is 306 g/mol. The van der Waals surface area contributed by atoms with E-state index in [1.54, 1.807) is 11.4 Å². The molecular weight excluding hydrogens is 276 g/mol. The van der Waals surface area contributed by atoms with Crippen LogP contribution >= 0.6 is 0 Å². The van der Waals surface area contributed by atoms with Crippen LogP contribution in [0.15, 0.2) is 0 Å². The predicted molar refractivity (Wildman–Crippen MR) is 82.3 cm³/mol. The molecule has 3 atom stereocenters. The Morgan fingerprint density at radius 1 is 1.45 bits per heavy atom. The zero-order valence-electron chi connectivity index (χ0n) is 13.3. The van der Waals surface area contributed by atoms with E-state index in [1.807, 2.05) is 0 Å². The summed E-state index contributed by atoms with van der Waals surface area (Å²) < 4.78 is 30.3. The van der Waals surface area contributed by atoms with Crippen molar-refractivity contribution in [3.63, 3.8) is 0 Å². The van der Waals surface area contributed by atoms with Gasteiger partial charge in [-0.05, 0) is 45.1 Å². The van der Waals surface area contributed by atoms with E-state index >= 15 is 0 Å². The van der Waals surface area contributed by atoms with E-state index < -0.39 is 10.0 Å². The van der Waals surface area contributed by atoms with E-state index in [-0.39, 0.29) is 6.10 Å². The second-order valence-corrected chi connectivity index (χ2v) is 7.88. The summed E-state index contributed by atoms with van der Waals surface area (Å²) in [4.78, 5) is 0. The summed E-state index contributed by atoms with van der Waals surface area (Å²) in [5.41, 5.74) is 0. The first kappa shape index (κ1) is 17.9. The fourth-order valence-corrected chi connectivity index (χ4v) is 3.91. The summed E-state index contributed by atoms with van der Waals surface area (Å²) >= 11 is 0. The third-order valence-electron chi connectivity index (χ3n) is 4.08. The smallest absolute Gasteiger partial charge is 0.211 e. The van der Waals surface area contributed by atoms with Gasteiger partial charge < -0.3 is 10.1 Å². The number of methoxy groups -OCH3 is 1. The van der Waals surface area contributed by atoms with E-state index in [2.05, 4.69) is 19.2 Å². The van der Waals surface area contributed by atoms with Gasteiger partial charge in [-0.3, -0.25) is 0 Å². The SMILES string of the molecule is CCNC(CC1CCCN(S(C)(=O)=O)C1)CC(C)OC. The first-order valence-corrected chi connectivity index (χ1v) is 9.43. The van der Waals surface area contributed by atoms with Crippen LogP contribution in [-0.4, -0.2) is 57.9 Å². The van der Waals surface area contributed by atoms with E-state index in [9.17, 15) is 8.42 Å². The molecule has 0 aromatic carbocycles. The molecule has 1 fully saturated rings. The summed E-state index contributed by atoms with van der Waals surface area (Å²) in [6.07, 6.45) is 5.62. The van der Waals surface area contributed by atoms with Crippen LogP contribution in [0.5, 0.6) is 0 Å². The zero-order valence-corrected chi connectivity index (χ0v) is 14.1. The van der Waals surface area contributed by atoms with E-state index in [4.69, 9.17) is 4.74 Å². The number of rotatable bonds is 8. The van der Waals surface area contributed by atoms with E-state index in [0.29, 0.717) is 25.0 Å². The van der Waals surface area contributed by atoms with Gasteiger partial charge in [0.1, 0.15) is 0 Å². The minimum Gasteiger partial charge on any atom is -0.382 e. The van der Waals surface area contributed by atoms with Crippen molar-refractivity contribution >= 4 is 10.0 Å². The molecule has 0 spiro atoms. The second kappa shape index (κ2) is 8.32. The predicted octanol–water partition coefficient (Wildman–Crippen LogP) is 1.45. The fourth-order valence-electron chi connectivity index (χ4n) is 2.97. The topological polar surface area (TPSA) is 58.6 Å². The molecule has 0 radical (unpaired) electrons. The Kier molecular flexibility index (Phi) is 7.43. The molecule has 20 heavy (non-hydrogen) atoms. The Morgan fingerprint density at radius 2 is 2.15 bits per heavy atom. The van der Waals surface area contributed by atoms with Crippen LogP contribution in [0.1, 0.15) is 39.5 Å². The molecule has 120 valence electrons. The van der Waals surface area contributed by atoms with Crippen molar-refractivity contribution in [3.05, 3.63) is 0 Å². The van der Waals surface area contributed by atoms with Crippen molar-refractivity contribution in [1.29, 1.82) is 0 Å². The quantitative estimate of drug-likeness (QED) is 0.737. The molecule has 5 nitrogen and oxygen atoms in total. The molecule has 1 aliphatic rings. The molecule has 0 aliphatic carbocycles. The number of ether oxygens (including phenoxy) is 1. The first-order chi connectivity index (χ1) is 9.36. The number of sulfonamides is 1. The Balaban J connectivity index is 2.54. The van der Waals surface area contributed by atoms with Gasteiger partial charge >= 0.3 is 0 Å². The molecule has 0 amide bonds. The van der Waals surface area contributed by atoms with Crippen LogP contribution in [0.25, 0.3) is 0 Å². The Bertz CT molecular complexity index is 373. The number of nitrogens with one attached hydrogen (secondary N) is 1. The molecule has 1 N–H and O–H groups in total. The van der Waals surface area contributed by atoms with Gasteiger partial charge in [-0.1, -0.05) is 6.92 Å². The molecule has 1 rings (SSSR count). The van der Waals surface area contributed by atoms with Crippen molar-refractivity contribution < 1.29 is 13.2 Å². The van der Waals surface area contributed by atoms with Crippen LogP contribution < -0.4 is 5.32 Å². The highest BCUT2D eigenvalue weighted by molar-refractivity contribution is 7.88. The van der Waals surface area contributed by atoms with Crippen LogP contribution in [-0.2, 0) is 14.8 Å². The Morgan fingerprint density at radius 3 is 2.70 bits per heavy atom. The summed E-state index contributed by atoms with van der Waals surface area (Å²) in [7, 11) is -1.31. The van der Waals surface area contributed by atoms with Gasteiger partial charge in [0, 0.05) is 26.2 Å². The van der Waals surface area contributed by atoms with Gasteiger partial charge in [-0.2, -0.15) is 0 Å². The highest BCUT2D eigenvalue weighted by atomic mass is 32.2. The molecule has 0 bridgehead atoms. The molecule has 1 saturated heterocycles. The molecule has 6 heteroatoms. The van der Waals surface area contributed by atoms with Crippen LogP contribution in [0.4, 0.5) is 0 Å². The fraction of sp³-hybridized carbons (Fsp3) is 1.00. The summed E-state index contributed by atoms with van der Waals surface area (Å²) in [5.74, 6) is 0.451.